The van der Waals surface area contributed by atoms with Crippen molar-refractivity contribution in [3.63, 3.8) is 0 Å². The molecule has 6 nitrogen and oxygen atoms in total. The van der Waals surface area contributed by atoms with Gasteiger partial charge >= 0.3 is 5.97 Å². The quantitative estimate of drug-likeness (QED) is 0.343. The van der Waals surface area contributed by atoms with E-state index in [0.717, 1.165) is 5.57 Å². The predicted octanol–water partition coefficient (Wildman–Crippen LogP) is 1.01. The Bertz CT molecular complexity index is 515. The molecule has 21 heavy (non-hydrogen) atoms. The number of halogens is 1. The molecule has 0 aromatic carbocycles. The van der Waals surface area contributed by atoms with Gasteiger partial charge in [-0.2, -0.15) is 0 Å². The summed E-state index contributed by atoms with van der Waals surface area (Å²) in [4.78, 5) is 36.5. The number of nitrogens with one attached hydrogen (secondary N) is 1. The first-order chi connectivity index (χ1) is 9.80. The van der Waals surface area contributed by atoms with Gasteiger partial charge in [0, 0.05) is 11.1 Å². The molecular weight excluding hydrogens is 360 g/mol. The molecule has 2 heterocycles. The van der Waals surface area contributed by atoms with Crippen molar-refractivity contribution in [2.24, 2.45) is 0 Å². The number of β-lactam (4-membered cyclic amide) rings is 1. The van der Waals surface area contributed by atoms with E-state index in [1.807, 2.05) is 0 Å². The number of carbonyl (C=O) groups excluding carboxylic acids is 3. The van der Waals surface area contributed by atoms with E-state index in [-0.39, 0.29) is 11.3 Å². The average molecular weight is 377 g/mol. The molecule has 2 aliphatic heterocycles. The molecule has 0 aromatic heterocycles. The van der Waals surface area contributed by atoms with Gasteiger partial charge in [0.2, 0.25) is 6.41 Å². The lowest BCUT2D eigenvalue weighted by Gasteiger charge is -2.49. The van der Waals surface area contributed by atoms with Crippen LogP contribution in [0.1, 0.15) is 20.8 Å². The molecule has 0 aliphatic carbocycles. The maximum absolute atomic E-state index is 12.4. The molecule has 1 N–H and O–H groups in total. The Labute approximate surface area is 135 Å². The zero-order chi connectivity index (χ0) is 15.8. The zero-order valence-corrected chi connectivity index (χ0v) is 14.4. The van der Waals surface area contributed by atoms with Gasteiger partial charge in [-0.05, 0) is 26.3 Å². The van der Waals surface area contributed by atoms with Crippen molar-refractivity contribution in [2.45, 2.75) is 37.8 Å². The van der Waals surface area contributed by atoms with Crippen molar-refractivity contribution in [1.29, 1.82) is 0 Å². The van der Waals surface area contributed by atoms with Crippen LogP contribution in [0, 0.1) is 0 Å². The highest BCUT2D eigenvalue weighted by Crippen LogP contribution is 2.41. The number of alkyl halides is 1. The molecule has 8 heteroatoms. The van der Waals surface area contributed by atoms with Gasteiger partial charge in [0.15, 0.2) is 0 Å². The molecule has 0 spiro atoms. The molecule has 1 fully saturated rings. The zero-order valence-electron chi connectivity index (χ0n) is 12.0. The first kappa shape index (κ1) is 16.4. The van der Waals surface area contributed by atoms with E-state index >= 15 is 0 Å². The van der Waals surface area contributed by atoms with E-state index in [2.05, 4.69) is 21.2 Å². The fourth-order valence-electron chi connectivity index (χ4n) is 2.19. The lowest BCUT2D eigenvalue weighted by Crippen LogP contribution is -2.69. The van der Waals surface area contributed by atoms with Gasteiger partial charge in [-0.3, -0.25) is 14.5 Å². The molecule has 2 amide bonds. The highest BCUT2D eigenvalue weighted by atomic mass is 79.9. The fraction of sp³-hybridized carbons (Fsp3) is 0.615. The van der Waals surface area contributed by atoms with E-state index in [9.17, 15) is 14.4 Å². The molecule has 0 bridgehead atoms. The minimum Gasteiger partial charge on any atom is -0.455 e. The number of hydrogen-bond acceptors (Lipinski definition) is 5. The van der Waals surface area contributed by atoms with Crippen molar-refractivity contribution in [1.82, 2.24) is 10.2 Å². The van der Waals surface area contributed by atoms with Gasteiger partial charge in [0.05, 0.1) is 0 Å². The Morgan fingerprint density at radius 2 is 2.24 bits per heavy atom. The van der Waals surface area contributed by atoms with Gasteiger partial charge in [-0.25, -0.2) is 4.79 Å². The smallest absolute Gasteiger partial charge is 0.355 e. The number of thioether (sulfide) groups is 1. The fourth-order valence-corrected chi connectivity index (χ4v) is 4.28. The van der Waals surface area contributed by atoms with Crippen LogP contribution in [-0.4, -0.2) is 51.3 Å². The third-order valence-corrected chi connectivity index (χ3v) is 5.06. The molecule has 2 rings (SSSR count). The summed E-state index contributed by atoms with van der Waals surface area (Å²) in [5.41, 5.74) is 0.499. The summed E-state index contributed by atoms with van der Waals surface area (Å²) in [7, 11) is 0. The summed E-state index contributed by atoms with van der Waals surface area (Å²) >= 11 is 4.87. The van der Waals surface area contributed by atoms with Crippen LogP contribution in [0.5, 0.6) is 0 Å². The number of amides is 2. The molecule has 0 aromatic rings. The first-order valence-corrected chi connectivity index (χ1v) is 8.63. The van der Waals surface area contributed by atoms with Crippen molar-refractivity contribution in [3.8, 4) is 0 Å². The topological polar surface area (TPSA) is 75.7 Å². The Morgan fingerprint density at radius 1 is 1.57 bits per heavy atom. The van der Waals surface area contributed by atoms with E-state index in [1.165, 1.54) is 16.7 Å². The van der Waals surface area contributed by atoms with Crippen LogP contribution < -0.4 is 5.32 Å². The predicted molar refractivity (Wildman–Crippen MR) is 82.7 cm³/mol. The second-order valence-corrected chi connectivity index (χ2v) is 7.43. The highest BCUT2D eigenvalue weighted by Gasteiger charge is 2.53. The van der Waals surface area contributed by atoms with Crippen molar-refractivity contribution < 1.29 is 19.1 Å². The van der Waals surface area contributed by atoms with E-state index < -0.39 is 17.6 Å². The van der Waals surface area contributed by atoms with E-state index in [1.54, 1.807) is 20.8 Å². The number of hydrogen-bond donors (Lipinski definition) is 1. The highest BCUT2D eigenvalue weighted by molar-refractivity contribution is 9.09. The first-order valence-electron chi connectivity index (χ1n) is 6.46. The Kier molecular flexibility index (Phi) is 4.67. The van der Waals surface area contributed by atoms with Crippen molar-refractivity contribution in [2.75, 3.05) is 11.1 Å². The maximum atomic E-state index is 12.4. The standard InChI is InChI=1S/C13H17BrN2O4S/c1-13(2,3)20-12(19)9-7(4-14)5-21-11-8(15-6-17)10(18)16(9)11/h6,8,11H,4-5H2,1-3H3,(H,15,17)/t8-,11+/m1/s1. The summed E-state index contributed by atoms with van der Waals surface area (Å²) < 4.78 is 5.39. The van der Waals surface area contributed by atoms with Crippen LogP contribution in [0.4, 0.5) is 0 Å². The third-order valence-electron chi connectivity index (χ3n) is 3.05. The van der Waals surface area contributed by atoms with Gasteiger partial charge < -0.3 is 10.1 Å². The largest absolute Gasteiger partial charge is 0.455 e. The minimum atomic E-state index is -0.629. The molecule has 0 saturated carbocycles. The second kappa shape index (κ2) is 6.00. The van der Waals surface area contributed by atoms with E-state index in [4.69, 9.17) is 4.74 Å². The van der Waals surface area contributed by atoms with Gasteiger partial charge in [0.25, 0.3) is 5.91 Å². The molecule has 0 unspecified atom stereocenters. The Hall–Kier alpha value is -1.02. The minimum absolute atomic E-state index is 0.243. The van der Waals surface area contributed by atoms with Crippen LogP contribution in [0.3, 0.4) is 0 Å². The lowest BCUT2D eigenvalue weighted by atomic mass is 10.0. The SMILES string of the molecule is CC(C)(C)OC(=O)C1=C(CBr)CS[C@H]2[C@H](NC=O)C(=O)N12. The summed E-state index contributed by atoms with van der Waals surface area (Å²) in [6.07, 6.45) is 0.511. The van der Waals surface area contributed by atoms with Crippen molar-refractivity contribution in [3.05, 3.63) is 11.3 Å². The number of nitrogens with zero attached hydrogens (tertiary/aromatic N) is 1. The van der Waals surface area contributed by atoms with Gasteiger partial charge in [-0.15, -0.1) is 11.8 Å². The summed E-state index contributed by atoms with van der Waals surface area (Å²) in [5.74, 6) is -0.163. The van der Waals surface area contributed by atoms with Crippen LogP contribution >= 0.6 is 27.7 Å². The average Bonchev–Trinajstić information content (AvgIpc) is 2.40. The summed E-state index contributed by atoms with van der Waals surface area (Å²) in [6, 6.07) is -0.568. The Balaban J connectivity index is 2.27. The normalized spacial score (nSPS) is 25.1. The number of carbonyl (C=O) groups is 3. The van der Waals surface area contributed by atoms with Gasteiger partial charge in [0.1, 0.15) is 22.7 Å². The third kappa shape index (κ3) is 3.11. The van der Waals surface area contributed by atoms with Crippen LogP contribution in [0.25, 0.3) is 0 Å². The molecule has 0 radical (unpaired) electrons. The monoisotopic (exact) mass is 376 g/mol. The molecular formula is C13H17BrN2O4S. The summed E-state index contributed by atoms with van der Waals surface area (Å²) in [6.45, 7) is 5.34. The summed E-state index contributed by atoms with van der Waals surface area (Å²) in [5, 5.41) is 2.75. The van der Waals surface area contributed by atoms with Crippen LogP contribution in [0.2, 0.25) is 0 Å². The molecule has 1 saturated heterocycles. The van der Waals surface area contributed by atoms with Gasteiger partial charge in [-0.1, -0.05) is 15.9 Å². The van der Waals surface area contributed by atoms with Crippen LogP contribution in [0.15, 0.2) is 11.3 Å². The molecule has 2 atom stereocenters. The Morgan fingerprint density at radius 3 is 2.76 bits per heavy atom. The lowest BCUT2D eigenvalue weighted by molar-refractivity contribution is -0.158. The maximum Gasteiger partial charge on any atom is 0.355 e. The number of esters is 1. The second-order valence-electron chi connectivity index (χ2n) is 5.76. The molecule has 2 aliphatic rings. The van der Waals surface area contributed by atoms with Crippen LogP contribution in [-0.2, 0) is 19.1 Å². The molecule has 116 valence electrons. The number of fused-ring (bicyclic) bond motifs is 1. The van der Waals surface area contributed by atoms with Crippen molar-refractivity contribution >= 4 is 46.0 Å². The number of rotatable bonds is 4. The van der Waals surface area contributed by atoms with E-state index in [0.29, 0.717) is 23.2 Å². The number of ether oxygens (including phenoxy) is 1.